The maximum absolute atomic E-state index is 8.36. The lowest BCUT2D eigenvalue weighted by atomic mass is 10.3. The number of hydrogen-bond donors (Lipinski definition) is 2. The summed E-state index contributed by atoms with van der Waals surface area (Å²) in [7, 11) is 0. The Morgan fingerprint density at radius 2 is 2.57 bits per heavy atom. The zero-order valence-corrected chi connectivity index (χ0v) is 4.15. The highest BCUT2D eigenvalue weighted by Crippen LogP contribution is 2.02. The van der Waals surface area contributed by atoms with Gasteiger partial charge in [0.15, 0.2) is 0 Å². The number of hydrogen-bond acceptors (Lipinski definition) is 2. The molecule has 0 saturated carbocycles. The molecular formula is C5H9NO. The highest BCUT2D eigenvalue weighted by molar-refractivity contribution is 5.04. The van der Waals surface area contributed by atoms with E-state index in [4.69, 9.17) is 5.11 Å². The van der Waals surface area contributed by atoms with Gasteiger partial charge in [-0.1, -0.05) is 0 Å². The van der Waals surface area contributed by atoms with E-state index in [1.165, 1.54) is 6.26 Å². The molecule has 0 aromatic carbocycles. The van der Waals surface area contributed by atoms with Gasteiger partial charge in [-0.25, -0.2) is 0 Å². The summed E-state index contributed by atoms with van der Waals surface area (Å²) in [4.78, 5) is 0. The Bertz CT molecular complexity index is 80.1. The summed E-state index contributed by atoms with van der Waals surface area (Å²) in [5.41, 5.74) is 1.11. The van der Waals surface area contributed by atoms with E-state index in [1.54, 1.807) is 0 Å². The third-order valence-electron chi connectivity index (χ3n) is 1.16. The molecule has 1 aliphatic heterocycles. The minimum atomic E-state index is 0.872. The van der Waals surface area contributed by atoms with E-state index >= 15 is 0 Å². The molecule has 0 aliphatic carbocycles. The summed E-state index contributed by atoms with van der Waals surface area (Å²) in [5, 5.41) is 11.5. The molecule has 1 fully saturated rings. The van der Waals surface area contributed by atoms with Gasteiger partial charge in [-0.15, -0.1) is 0 Å². The second kappa shape index (κ2) is 1.98. The Labute approximate surface area is 42.8 Å². The molecule has 2 heteroatoms. The standard InChI is InChI=1S/C5H9NO/c7-4-5-1-2-6-3-5/h4,6-7H,1-3H2. The molecule has 0 radical (unpaired) electrons. The number of aliphatic hydroxyl groups is 1. The molecule has 0 unspecified atom stereocenters. The Kier molecular flexibility index (Phi) is 1.32. The molecule has 0 bridgehead atoms. The van der Waals surface area contributed by atoms with Crippen molar-refractivity contribution in [2.24, 2.45) is 0 Å². The lowest BCUT2D eigenvalue weighted by molar-refractivity contribution is 0.466. The number of aliphatic hydroxyl groups excluding tert-OH is 1. The SMILES string of the molecule is OC=C1CCNC1. The summed E-state index contributed by atoms with van der Waals surface area (Å²) < 4.78 is 0. The van der Waals surface area contributed by atoms with Crippen LogP contribution in [0.1, 0.15) is 6.42 Å². The lowest BCUT2D eigenvalue weighted by Gasteiger charge is -1.83. The minimum absolute atomic E-state index is 0.872. The fourth-order valence-electron chi connectivity index (χ4n) is 0.696. The molecule has 7 heavy (non-hydrogen) atoms. The van der Waals surface area contributed by atoms with Crippen LogP contribution >= 0.6 is 0 Å². The van der Waals surface area contributed by atoms with Gasteiger partial charge in [-0.05, 0) is 18.5 Å². The highest BCUT2D eigenvalue weighted by Gasteiger charge is 2.02. The molecule has 40 valence electrons. The van der Waals surface area contributed by atoms with Crippen molar-refractivity contribution in [1.29, 1.82) is 0 Å². The maximum atomic E-state index is 8.36. The molecule has 1 aliphatic rings. The largest absolute Gasteiger partial charge is 0.516 e. The summed E-state index contributed by atoms with van der Waals surface area (Å²) in [5.74, 6) is 0. The van der Waals surface area contributed by atoms with Crippen LogP contribution in [-0.4, -0.2) is 18.2 Å². The van der Waals surface area contributed by atoms with Crippen LogP contribution in [0.15, 0.2) is 11.8 Å². The maximum Gasteiger partial charge on any atom is 0.0796 e. The van der Waals surface area contributed by atoms with Crippen LogP contribution in [0, 0.1) is 0 Å². The average Bonchev–Trinajstić information content (AvgIpc) is 2.14. The molecule has 0 aromatic rings. The summed E-state index contributed by atoms with van der Waals surface area (Å²) >= 11 is 0. The van der Waals surface area contributed by atoms with Gasteiger partial charge in [0.2, 0.25) is 0 Å². The first-order valence-electron chi connectivity index (χ1n) is 2.46. The van der Waals surface area contributed by atoms with Gasteiger partial charge in [0.05, 0.1) is 6.26 Å². The van der Waals surface area contributed by atoms with Gasteiger partial charge < -0.3 is 10.4 Å². The molecule has 2 nitrogen and oxygen atoms in total. The Morgan fingerprint density at radius 1 is 1.71 bits per heavy atom. The molecule has 1 heterocycles. The van der Waals surface area contributed by atoms with Gasteiger partial charge in [-0.3, -0.25) is 0 Å². The minimum Gasteiger partial charge on any atom is -0.516 e. The van der Waals surface area contributed by atoms with Crippen molar-refractivity contribution in [1.82, 2.24) is 5.32 Å². The first kappa shape index (κ1) is 4.65. The summed E-state index contributed by atoms with van der Waals surface area (Å²) in [6.07, 6.45) is 2.20. The Hall–Kier alpha value is -0.500. The van der Waals surface area contributed by atoms with Crippen molar-refractivity contribution in [2.75, 3.05) is 13.1 Å². The fraction of sp³-hybridized carbons (Fsp3) is 0.600. The third-order valence-corrected chi connectivity index (χ3v) is 1.16. The van der Waals surface area contributed by atoms with Crippen molar-refractivity contribution in [2.45, 2.75) is 6.42 Å². The van der Waals surface area contributed by atoms with E-state index in [9.17, 15) is 0 Å². The van der Waals surface area contributed by atoms with Crippen molar-refractivity contribution in [3.8, 4) is 0 Å². The Balaban J connectivity index is 2.41. The Morgan fingerprint density at radius 3 is 2.86 bits per heavy atom. The molecule has 2 N–H and O–H groups in total. The van der Waals surface area contributed by atoms with E-state index in [1.807, 2.05) is 0 Å². The van der Waals surface area contributed by atoms with Crippen molar-refractivity contribution in [3.63, 3.8) is 0 Å². The number of nitrogens with one attached hydrogen (secondary N) is 1. The van der Waals surface area contributed by atoms with Crippen LogP contribution in [0.25, 0.3) is 0 Å². The van der Waals surface area contributed by atoms with Gasteiger partial charge >= 0.3 is 0 Å². The van der Waals surface area contributed by atoms with Gasteiger partial charge in [0, 0.05) is 6.54 Å². The first-order chi connectivity index (χ1) is 3.43. The second-order valence-electron chi connectivity index (χ2n) is 1.71. The highest BCUT2D eigenvalue weighted by atomic mass is 16.2. The normalized spacial score (nSPS) is 26.6. The molecule has 0 aromatic heterocycles. The van der Waals surface area contributed by atoms with Gasteiger partial charge in [0.25, 0.3) is 0 Å². The van der Waals surface area contributed by atoms with Gasteiger partial charge in [0.1, 0.15) is 0 Å². The zero-order valence-electron chi connectivity index (χ0n) is 4.15. The van der Waals surface area contributed by atoms with E-state index in [0.29, 0.717) is 0 Å². The molecule has 0 atom stereocenters. The topological polar surface area (TPSA) is 32.3 Å². The third kappa shape index (κ3) is 0.933. The van der Waals surface area contributed by atoms with Gasteiger partial charge in [-0.2, -0.15) is 0 Å². The van der Waals surface area contributed by atoms with Crippen LogP contribution in [0.5, 0.6) is 0 Å². The van der Waals surface area contributed by atoms with E-state index in [2.05, 4.69) is 5.32 Å². The monoisotopic (exact) mass is 99.1 g/mol. The van der Waals surface area contributed by atoms with Crippen LogP contribution in [0.2, 0.25) is 0 Å². The molecule has 0 spiro atoms. The zero-order chi connectivity index (χ0) is 5.11. The van der Waals surface area contributed by atoms with E-state index < -0.39 is 0 Å². The quantitative estimate of drug-likeness (QED) is 0.431. The average molecular weight is 99.1 g/mol. The summed E-state index contributed by atoms with van der Waals surface area (Å²) in [6.45, 7) is 1.89. The first-order valence-corrected chi connectivity index (χ1v) is 2.46. The number of rotatable bonds is 0. The predicted octanol–water partition coefficient (Wildman–Crippen LogP) is 0.422. The molecular weight excluding hydrogens is 90.1 g/mol. The second-order valence-corrected chi connectivity index (χ2v) is 1.71. The molecule has 1 rings (SSSR count). The van der Waals surface area contributed by atoms with Crippen molar-refractivity contribution < 1.29 is 5.11 Å². The summed E-state index contributed by atoms with van der Waals surface area (Å²) in [6, 6.07) is 0. The predicted molar refractivity (Wildman–Crippen MR) is 28.2 cm³/mol. The smallest absolute Gasteiger partial charge is 0.0796 e. The van der Waals surface area contributed by atoms with Crippen molar-refractivity contribution >= 4 is 0 Å². The van der Waals surface area contributed by atoms with Crippen LogP contribution in [0.3, 0.4) is 0 Å². The van der Waals surface area contributed by atoms with Crippen LogP contribution < -0.4 is 5.32 Å². The van der Waals surface area contributed by atoms with E-state index in [0.717, 1.165) is 25.1 Å². The molecule has 0 amide bonds. The lowest BCUT2D eigenvalue weighted by Crippen LogP contribution is -2.04. The fourth-order valence-corrected chi connectivity index (χ4v) is 0.696. The molecule has 1 saturated heterocycles. The van der Waals surface area contributed by atoms with E-state index in [-0.39, 0.29) is 0 Å². The van der Waals surface area contributed by atoms with Crippen LogP contribution in [-0.2, 0) is 0 Å². The van der Waals surface area contributed by atoms with Crippen molar-refractivity contribution in [3.05, 3.63) is 11.8 Å². The van der Waals surface area contributed by atoms with Crippen LogP contribution in [0.4, 0.5) is 0 Å².